The highest BCUT2D eigenvalue weighted by Crippen LogP contribution is 2.28. The van der Waals surface area contributed by atoms with Crippen LogP contribution in [-0.2, 0) is 0 Å². The van der Waals surface area contributed by atoms with Crippen molar-refractivity contribution in [3.05, 3.63) is 52.8 Å². The number of benzene rings is 2. The molecule has 0 saturated heterocycles. The van der Waals surface area contributed by atoms with E-state index in [1.807, 2.05) is 0 Å². The van der Waals surface area contributed by atoms with Gasteiger partial charge in [-0.1, -0.05) is 17.7 Å². The number of carboxylic acid groups (broad SMARTS) is 1. The topological polar surface area (TPSA) is 75.4 Å². The smallest absolute Gasteiger partial charge is 0.337 e. The first-order chi connectivity index (χ1) is 8.99. The minimum absolute atomic E-state index is 0.00595. The minimum Gasteiger partial charge on any atom is -0.478 e. The number of aromatic carboxylic acids is 1. The second-order valence-electron chi connectivity index (χ2n) is 3.84. The number of nitrogens with one attached hydrogen (secondary N) is 1. The number of carbonyl (C=O) groups is 1. The molecule has 0 aromatic heterocycles. The summed E-state index contributed by atoms with van der Waals surface area (Å²) in [5.74, 6) is -1.78. The molecule has 0 aliphatic rings. The summed E-state index contributed by atoms with van der Waals surface area (Å²) in [6.45, 7) is 0. The lowest BCUT2D eigenvalue weighted by Crippen LogP contribution is -2.04. The highest BCUT2D eigenvalue weighted by Gasteiger charge is 2.13. The van der Waals surface area contributed by atoms with Crippen LogP contribution < -0.4 is 11.1 Å². The van der Waals surface area contributed by atoms with Crippen molar-refractivity contribution in [1.29, 1.82) is 0 Å². The molecule has 4 N–H and O–H groups in total. The number of hydrogen-bond donors (Lipinski definition) is 3. The van der Waals surface area contributed by atoms with Crippen LogP contribution in [0.4, 0.5) is 21.5 Å². The number of rotatable bonds is 3. The Kier molecular flexibility index (Phi) is 3.57. The Morgan fingerprint density at radius 1 is 1.26 bits per heavy atom. The maximum atomic E-state index is 13.7. The number of anilines is 3. The first kappa shape index (κ1) is 13.2. The van der Waals surface area contributed by atoms with E-state index in [1.165, 1.54) is 30.3 Å². The average Bonchev–Trinajstić information content (AvgIpc) is 2.35. The van der Waals surface area contributed by atoms with E-state index in [0.717, 1.165) is 0 Å². The van der Waals surface area contributed by atoms with Gasteiger partial charge in [0, 0.05) is 5.69 Å². The molecule has 0 fully saturated rings. The molecule has 0 amide bonds. The van der Waals surface area contributed by atoms with E-state index >= 15 is 0 Å². The molecule has 98 valence electrons. The Bertz CT molecular complexity index is 647. The second-order valence-corrected chi connectivity index (χ2v) is 4.24. The number of nitrogens with two attached hydrogens (primary N) is 1. The third-order valence-corrected chi connectivity index (χ3v) is 2.79. The molecule has 19 heavy (non-hydrogen) atoms. The SMILES string of the molecule is Nc1ccc(C(=O)O)c(Nc2cccc(Cl)c2F)c1. The maximum Gasteiger partial charge on any atom is 0.337 e. The molecule has 2 aromatic carbocycles. The van der Waals surface area contributed by atoms with Gasteiger partial charge in [0.05, 0.1) is 22.0 Å². The van der Waals surface area contributed by atoms with E-state index in [9.17, 15) is 9.18 Å². The number of carboxylic acids is 1. The van der Waals surface area contributed by atoms with E-state index in [-0.39, 0.29) is 22.0 Å². The van der Waals surface area contributed by atoms with Crippen molar-refractivity contribution in [2.45, 2.75) is 0 Å². The molecule has 0 radical (unpaired) electrons. The van der Waals surface area contributed by atoms with Crippen molar-refractivity contribution in [2.75, 3.05) is 11.1 Å². The largest absolute Gasteiger partial charge is 0.478 e. The zero-order chi connectivity index (χ0) is 14.0. The summed E-state index contributed by atoms with van der Waals surface area (Å²) in [5, 5.41) is 11.7. The molecular weight excluding hydrogens is 271 g/mol. The van der Waals surface area contributed by atoms with Crippen LogP contribution in [0.5, 0.6) is 0 Å². The summed E-state index contributed by atoms with van der Waals surface area (Å²) in [4.78, 5) is 11.1. The lowest BCUT2D eigenvalue weighted by molar-refractivity contribution is 0.0698. The highest BCUT2D eigenvalue weighted by atomic mass is 35.5. The van der Waals surface area contributed by atoms with Crippen LogP contribution in [0.25, 0.3) is 0 Å². The van der Waals surface area contributed by atoms with E-state index in [2.05, 4.69) is 5.32 Å². The van der Waals surface area contributed by atoms with Crippen LogP contribution in [0.15, 0.2) is 36.4 Å². The van der Waals surface area contributed by atoms with Crippen molar-refractivity contribution in [1.82, 2.24) is 0 Å². The summed E-state index contributed by atoms with van der Waals surface area (Å²) < 4.78 is 13.7. The van der Waals surface area contributed by atoms with Gasteiger partial charge in [0.15, 0.2) is 5.82 Å². The van der Waals surface area contributed by atoms with Gasteiger partial charge in [0.1, 0.15) is 0 Å². The van der Waals surface area contributed by atoms with Gasteiger partial charge in [-0.25, -0.2) is 9.18 Å². The normalized spacial score (nSPS) is 10.2. The van der Waals surface area contributed by atoms with Gasteiger partial charge in [-0.15, -0.1) is 0 Å². The standard InChI is InChI=1S/C13H10ClFN2O2/c14-9-2-1-3-10(12(9)15)17-11-6-7(16)4-5-8(11)13(18)19/h1-6,17H,16H2,(H,18,19). The zero-order valence-electron chi connectivity index (χ0n) is 9.65. The van der Waals surface area contributed by atoms with Gasteiger partial charge in [-0.3, -0.25) is 0 Å². The van der Waals surface area contributed by atoms with Crippen molar-refractivity contribution >= 4 is 34.6 Å². The third-order valence-electron chi connectivity index (χ3n) is 2.49. The zero-order valence-corrected chi connectivity index (χ0v) is 10.4. The fourth-order valence-corrected chi connectivity index (χ4v) is 1.77. The van der Waals surface area contributed by atoms with Gasteiger partial charge >= 0.3 is 5.97 Å². The Balaban J connectivity index is 2.45. The molecule has 6 heteroatoms. The molecule has 0 aliphatic heterocycles. The summed E-state index contributed by atoms with van der Waals surface area (Å²) in [6, 6.07) is 8.64. The molecule has 0 unspecified atom stereocenters. The number of halogens is 2. The summed E-state index contributed by atoms with van der Waals surface area (Å²) in [6.07, 6.45) is 0. The summed E-state index contributed by atoms with van der Waals surface area (Å²) in [5.41, 5.74) is 6.25. The highest BCUT2D eigenvalue weighted by molar-refractivity contribution is 6.31. The van der Waals surface area contributed by atoms with Crippen LogP contribution in [0.1, 0.15) is 10.4 Å². The maximum absolute atomic E-state index is 13.7. The Morgan fingerprint density at radius 3 is 2.68 bits per heavy atom. The average molecular weight is 281 g/mol. The first-order valence-electron chi connectivity index (χ1n) is 5.33. The Hall–Kier alpha value is -2.27. The van der Waals surface area contributed by atoms with Crippen molar-refractivity contribution in [3.63, 3.8) is 0 Å². The molecular formula is C13H10ClFN2O2. The van der Waals surface area contributed by atoms with E-state index in [0.29, 0.717) is 5.69 Å². The van der Waals surface area contributed by atoms with E-state index in [4.69, 9.17) is 22.4 Å². The van der Waals surface area contributed by atoms with Gasteiger partial charge in [-0.2, -0.15) is 0 Å². The molecule has 0 aliphatic carbocycles. The fourth-order valence-electron chi connectivity index (χ4n) is 1.60. The first-order valence-corrected chi connectivity index (χ1v) is 5.70. The predicted octanol–water partition coefficient (Wildman–Crippen LogP) is 3.50. The summed E-state index contributed by atoms with van der Waals surface area (Å²) in [7, 11) is 0. The molecule has 4 nitrogen and oxygen atoms in total. The quantitative estimate of drug-likeness (QED) is 0.752. The van der Waals surface area contributed by atoms with Crippen LogP contribution >= 0.6 is 11.6 Å². The molecule has 0 bridgehead atoms. The number of nitrogen functional groups attached to an aromatic ring is 1. The van der Waals surface area contributed by atoms with Gasteiger partial charge in [0.2, 0.25) is 0 Å². The lowest BCUT2D eigenvalue weighted by atomic mass is 10.1. The van der Waals surface area contributed by atoms with Crippen LogP contribution in [-0.4, -0.2) is 11.1 Å². The second kappa shape index (κ2) is 5.16. The van der Waals surface area contributed by atoms with Crippen molar-refractivity contribution < 1.29 is 14.3 Å². The predicted molar refractivity (Wildman–Crippen MR) is 72.5 cm³/mol. The lowest BCUT2D eigenvalue weighted by Gasteiger charge is -2.11. The third kappa shape index (κ3) is 2.77. The molecule has 2 rings (SSSR count). The molecule has 2 aromatic rings. The van der Waals surface area contributed by atoms with Crippen LogP contribution in [0.2, 0.25) is 5.02 Å². The monoisotopic (exact) mass is 280 g/mol. The van der Waals surface area contributed by atoms with Gasteiger partial charge < -0.3 is 16.2 Å². The molecule has 0 atom stereocenters. The fraction of sp³-hybridized carbons (Fsp3) is 0. The van der Waals surface area contributed by atoms with Crippen LogP contribution in [0, 0.1) is 5.82 Å². The Labute approximate surface area is 113 Å². The summed E-state index contributed by atoms with van der Waals surface area (Å²) >= 11 is 5.66. The minimum atomic E-state index is -1.13. The molecule has 0 spiro atoms. The van der Waals surface area contributed by atoms with Gasteiger partial charge in [-0.05, 0) is 30.3 Å². The van der Waals surface area contributed by atoms with Crippen molar-refractivity contribution in [2.24, 2.45) is 0 Å². The van der Waals surface area contributed by atoms with E-state index < -0.39 is 11.8 Å². The molecule has 0 saturated carbocycles. The number of hydrogen-bond acceptors (Lipinski definition) is 3. The van der Waals surface area contributed by atoms with E-state index in [1.54, 1.807) is 6.07 Å². The van der Waals surface area contributed by atoms with Crippen molar-refractivity contribution in [3.8, 4) is 0 Å². The Morgan fingerprint density at radius 2 is 2.00 bits per heavy atom. The molecule has 0 heterocycles. The van der Waals surface area contributed by atoms with Gasteiger partial charge in [0.25, 0.3) is 0 Å². The van der Waals surface area contributed by atoms with Crippen LogP contribution in [0.3, 0.4) is 0 Å².